The molecule has 0 N–H and O–H groups in total. The molecule has 3 atom stereocenters. The van der Waals surface area contributed by atoms with Gasteiger partial charge in [-0.1, -0.05) is 91.0 Å². The van der Waals surface area contributed by atoms with Crippen molar-refractivity contribution in [3.05, 3.63) is 108 Å². The molecule has 0 amide bonds. The molecule has 0 saturated carbocycles. The van der Waals surface area contributed by atoms with Crippen molar-refractivity contribution >= 4 is 5.97 Å². The number of rotatable bonds is 8. The number of carbonyl (C=O) groups is 1. The van der Waals surface area contributed by atoms with Crippen LogP contribution >= 0.6 is 0 Å². The van der Waals surface area contributed by atoms with Gasteiger partial charge in [0.15, 0.2) is 5.60 Å². The fraction of sp³-hybridized carbons (Fsp3) is 0.345. The molecular weight excluding hydrogens is 428 g/mol. The monoisotopic (exact) mass is 458 g/mol. The average molecular weight is 459 g/mol. The zero-order chi connectivity index (χ0) is 23.3. The molecule has 2 heterocycles. The lowest BCUT2D eigenvalue weighted by molar-refractivity contribution is -0.252. The summed E-state index contributed by atoms with van der Waals surface area (Å²) in [5.74, 6) is -0.190. The molecule has 1 spiro atoms. The van der Waals surface area contributed by atoms with Crippen LogP contribution in [-0.2, 0) is 42.6 Å². The molecule has 0 radical (unpaired) electrons. The largest absolute Gasteiger partial charge is 0.454 e. The number of hydrogen-bond acceptors (Lipinski definition) is 5. The minimum Gasteiger partial charge on any atom is -0.454 e. The highest BCUT2D eigenvalue weighted by Gasteiger charge is 2.56. The lowest BCUT2D eigenvalue weighted by Gasteiger charge is -2.48. The fourth-order valence-corrected chi connectivity index (χ4v) is 4.89. The molecule has 3 aromatic rings. The maximum Gasteiger partial charge on any atom is 0.306 e. The van der Waals surface area contributed by atoms with Gasteiger partial charge in [-0.2, -0.15) is 0 Å². The predicted octanol–water partition coefficient (Wildman–Crippen LogP) is 5.18. The van der Waals surface area contributed by atoms with Crippen molar-refractivity contribution < 1.29 is 23.7 Å². The van der Waals surface area contributed by atoms with Crippen LogP contribution < -0.4 is 0 Å². The Bertz CT molecular complexity index is 1070. The summed E-state index contributed by atoms with van der Waals surface area (Å²) in [6.07, 6.45) is 1.21. The maximum atomic E-state index is 12.1. The van der Waals surface area contributed by atoms with Crippen molar-refractivity contribution in [1.82, 2.24) is 0 Å². The van der Waals surface area contributed by atoms with Gasteiger partial charge >= 0.3 is 5.97 Å². The van der Waals surface area contributed by atoms with Gasteiger partial charge in [-0.15, -0.1) is 0 Å². The number of hydrogen-bond donors (Lipinski definition) is 0. The van der Waals surface area contributed by atoms with Crippen LogP contribution in [0.25, 0.3) is 0 Å². The van der Waals surface area contributed by atoms with Gasteiger partial charge in [-0.05, 0) is 16.7 Å². The Hall–Kier alpha value is -2.99. The van der Waals surface area contributed by atoms with E-state index in [2.05, 4.69) is 24.3 Å². The summed E-state index contributed by atoms with van der Waals surface area (Å²) >= 11 is 0. The summed E-state index contributed by atoms with van der Waals surface area (Å²) in [4.78, 5) is 12.1. The zero-order valence-electron chi connectivity index (χ0n) is 19.2. The van der Waals surface area contributed by atoms with E-state index in [1.807, 2.05) is 66.7 Å². The quantitative estimate of drug-likeness (QED) is 0.436. The molecule has 2 aliphatic rings. The van der Waals surface area contributed by atoms with Crippen molar-refractivity contribution in [3.8, 4) is 0 Å². The lowest BCUT2D eigenvalue weighted by atomic mass is 9.78. The Labute approximate surface area is 200 Å². The van der Waals surface area contributed by atoms with E-state index in [4.69, 9.17) is 18.9 Å². The summed E-state index contributed by atoms with van der Waals surface area (Å²) in [5, 5.41) is 0. The van der Waals surface area contributed by atoms with E-state index in [1.54, 1.807) is 0 Å². The van der Waals surface area contributed by atoms with Crippen molar-refractivity contribution in [2.24, 2.45) is 0 Å². The normalized spacial score (nSPS) is 26.5. The fourth-order valence-electron chi connectivity index (χ4n) is 4.89. The Morgan fingerprint density at radius 3 is 2.06 bits per heavy atom. The van der Waals surface area contributed by atoms with Crippen molar-refractivity contribution in [3.63, 3.8) is 0 Å². The zero-order valence-corrected chi connectivity index (χ0v) is 19.2. The summed E-state index contributed by atoms with van der Waals surface area (Å²) in [6.45, 7) is 1.60. The molecule has 2 aliphatic heterocycles. The summed E-state index contributed by atoms with van der Waals surface area (Å²) < 4.78 is 25.1. The second-order valence-corrected chi connectivity index (χ2v) is 9.16. The Morgan fingerprint density at radius 2 is 1.44 bits per heavy atom. The van der Waals surface area contributed by atoms with Gasteiger partial charge < -0.3 is 18.9 Å². The van der Waals surface area contributed by atoms with E-state index in [1.165, 1.54) is 0 Å². The molecular formula is C29H30O5. The smallest absolute Gasteiger partial charge is 0.306 e. The molecule has 176 valence electrons. The standard InChI is InChI=1S/C29H30O5/c30-27-16-17-28(34-27)22-33-29(25-14-8-3-9-15-25,21-31-19-23-10-4-1-5-11-23)18-26(28)32-20-24-12-6-2-7-13-24/h1-15,26H,16-22H2/t26-,28+,29+/m0/s1. The van der Waals surface area contributed by atoms with Crippen molar-refractivity contribution in [2.45, 2.75) is 49.8 Å². The van der Waals surface area contributed by atoms with E-state index >= 15 is 0 Å². The van der Waals surface area contributed by atoms with E-state index in [-0.39, 0.29) is 18.7 Å². The van der Waals surface area contributed by atoms with Gasteiger partial charge in [0, 0.05) is 19.3 Å². The van der Waals surface area contributed by atoms with Gasteiger partial charge in [-0.3, -0.25) is 4.79 Å². The molecule has 34 heavy (non-hydrogen) atoms. The number of carbonyl (C=O) groups excluding carboxylic acids is 1. The van der Waals surface area contributed by atoms with Crippen LogP contribution in [0.15, 0.2) is 91.0 Å². The topological polar surface area (TPSA) is 54.0 Å². The van der Waals surface area contributed by atoms with Gasteiger partial charge in [0.2, 0.25) is 0 Å². The van der Waals surface area contributed by atoms with Crippen LogP contribution in [0.2, 0.25) is 0 Å². The first-order valence-corrected chi connectivity index (χ1v) is 11.9. The summed E-state index contributed by atoms with van der Waals surface area (Å²) in [6, 6.07) is 30.3. The third kappa shape index (κ3) is 4.92. The number of esters is 1. The highest BCUT2D eigenvalue weighted by molar-refractivity contribution is 5.72. The Morgan fingerprint density at radius 1 is 0.824 bits per heavy atom. The third-order valence-electron chi connectivity index (χ3n) is 6.80. The average Bonchev–Trinajstić information content (AvgIpc) is 3.27. The number of ether oxygens (including phenoxy) is 4. The molecule has 3 aromatic carbocycles. The second-order valence-electron chi connectivity index (χ2n) is 9.16. The van der Waals surface area contributed by atoms with Gasteiger partial charge in [0.25, 0.3) is 0 Å². The molecule has 0 aliphatic carbocycles. The van der Waals surface area contributed by atoms with Crippen LogP contribution in [0.3, 0.4) is 0 Å². The van der Waals surface area contributed by atoms with Gasteiger partial charge in [0.05, 0.1) is 26.4 Å². The molecule has 2 fully saturated rings. The Balaban J connectivity index is 1.39. The van der Waals surface area contributed by atoms with Gasteiger partial charge in [-0.25, -0.2) is 0 Å². The van der Waals surface area contributed by atoms with Crippen molar-refractivity contribution in [2.75, 3.05) is 13.2 Å². The molecule has 0 bridgehead atoms. The second kappa shape index (κ2) is 10.1. The first-order chi connectivity index (χ1) is 16.7. The van der Waals surface area contributed by atoms with Crippen LogP contribution in [0, 0.1) is 0 Å². The molecule has 2 saturated heterocycles. The lowest BCUT2D eigenvalue weighted by Crippen LogP contribution is -2.58. The predicted molar refractivity (Wildman–Crippen MR) is 128 cm³/mol. The summed E-state index contributed by atoms with van der Waals surface area (Å²) in [5.41, 5.74) is 1.77. The van der Waals surface area contributed by atoms with E-state index in [9.17, 15) is 4.79 Å². The van der Waals surface area contributed by atoms with E-state index in [0.717, 1.165) is 16.7 Å². The minimum atomic E-state index is -0.760. The molecule has 5 rings (SSSR count). The summed E-state index contributed by atoms with van der Waals surface area (Å²) in [7, 11) is 0. The van der Waals surface area contributed by atoms with Crippen LogP contribution in [0.1, 0.15) is 36.0 Å². The van der Waals surface area contributed by atoms with Crippen LogP contribution in [0.4, 0.5) is 0 Å². The molecule has 0 unspecified atom stereocenters. The third-order valence-corrected chi connectivity index (χ3v) is 6.80. The molecule has 5 nitrogen and oxygen atoms in total. The maximum absolute atomic E-state index is 12.1. The first-order valence-electron chi connectivity index (χ1n) is 11.9. The van der Waals surface area contributed by atoms with Crippen LogP contribution in [0.5, 0.6) is 0 Å². The minimum absolute atomic E-state index is 0.190. The SMILES string of the molecule is O=C1CC[C@]2(CO[C@](COCc3ccccc3)(c3ccccc3)C[C@@H]2OCc2ccccc2)O1. The highest BCUT2D eigenvalue weighted by atomic mass is 16.6. The first kappa shape index (κ1) is 22.8. The number of benzene rings is 3. The van der Waals surface area contributed by atoms with E-state index < -0.39 is 11.2 Å². The highest BCUT2D eigenvalue weighted by Crippen LogP contribution is 2.46. The van der Waals surface area contributed by atoms with Crippen molar-refractivity contribution in [1.29, 1.82) is 0 Å². The molecule has 5 heteroatoms. The van der Waals surface area contributed by atoms with Crippen LogP contribution in [-0.4, -0.2) is 30.9 Å². The molecule has 0 aromatic heterocycles. The van der Waals surface area contributed by atoms with Gasteiger partial charge in [0.1, 0.15) is 11.7 Å². The Kier molecular flexibility index (Phi) is 6.77. The van der Waals surface area contributed by atoms with E-state index in [0.29, 0.717) is 39.1 Å².